The van der Waals surface area contributed by atoms with E-state index in [1.165, 1.54) is 0 Å². The number of halogens is 1. The minimum absolute atomic E-state index is 0.325. The summed E-state index contributed by atoms with van der Waals surface area (Å²) in [5.41, 5.74) is 0. The van der Waals surface area contributed by atoms with Crippen LogP contribution in [0, 0.1) is 0 Å². The second-order valence-corrected chi connectivity index (χ2v) is 4.61. The van der Waals surface area contributed by atoms with Crippen molar-refractivity contribution >= 4 is 15.9 Å². The molecule has 2 nitrogen and oxygen atoms in total. The molecule has 0 spiro atoms. The van der Waals surface area contributed by atoms with Crippen LogP contribution in [-0.2, 0) is 4.74 Å². The second kappa shape index (κ2) is 5.98. The monoisotopic (exact) mass is 223 g/mol. The predicted molar refractivity (Wildman–Crippen MR) is 52.4 cm³/mol. The molecule has 0 bridgehead atoms. The number of nitrogens with zero attached hydrogens (tertiary/aromatic N) is 1. The normalized spacial score (nSPS) is 16.9. The van der Waals surface area contributed by atoms with Crippen LogP contribution in [0.3, 0.4) is 0 Å². The van der Waals surface area contributed by atoms with Crippen LogP contribution >= 0.6 is 15.9 Å². The SMILES string of the molecule is COC(C)CN(C)CC(C)Br. The summed E-state index contributed by atoms with van der Waals surface area (Å²) in [6, 6.07) is 0. The number of ether oxygens (including phenoxy) is 1. The Morgan fingerprint density at radius 2 is 1.91 bits per heavy atom. The molecule has 0 aliphatic rings. The fraction of sp³-hybridized carbons (Fsp3) is 1.00. The molecule has 68 valence electrons. The van der Waals surface area contributed by atoms with Gasteiger partial charge in [-0.3, -0.25) is 0 Å². The van der Waals surface area contributed by atoms with Gasteiger partial charge in [-0.05, 0) is 14.0 Å². The van der Waals surface area contributed by atoms with Gasteiger partial charge in [0.1, 0.15) is 0 Å². The van der Waals surface area contributed by atoms with E-state index >= 15 is 0 Å². The van der Waals surface area contributed by atoms with Gasteiger partial charge in [0.15, 0.2) is 0 Å². The Kier molecular flexibility index (Phi) is 6.19. The summed E-state index contributed by atoms with van der Waals surface area (Å²) in [4.78, 5) is 2.81. The molecule has 0 fully saturated rings. The van der Waals surface area contributed by atoms with Gasteiger partial charge in [-0.2, -0.15) is 0 Å². The molecule has 0 aliphatic carbocycles. The van der Waals surface area contributed by atoms with Crippen molar-refractivity contribution < 1.29 is 4.74 Å². The second-order valence-electron chi connectivity index (χ2n) is 3.05. The molecule has 0 heterocycles. The highest BCUT2D eigenvalue weighted by atomic mass is 79.9. The van der Waals surface area contributed by atoms with Crippen LogP contribution < -0.4 is 0 Å². The number of hydrogen-bond acceptors (Lipinski definition) is 2. The maximum Gasteiger partial charge on any atom is 0.0669 e. The Balaban J connectivity index is 3.43. The van der Waals surface area contributed by atoms with Gasteiger partial charge < -0.3 is 9.64 Å². The molecule has 11 heavy (non-hydrogen) atoms. The Morgan fingerprint density at radius 1 is 1.36 bits per heavy atom. The Bertz CT molecular complexity index is 98.1. The third-order valence-electron chi connectivity index (χ3n) is 1.53. The lowest BCUT2D eigenvalue weighted by Gasteiger charge is -2.21. The third kappa shape index (κ3) is 6.78. The lowest BCUT2D eigenvalue weighted by molar-refractivity contribution is 0.0863. The molecule has 0 rings (SSSR count). The summed E-state index contributed by atoms with van der Waals surface area (Å²) in [6.45, 7) is 6.28. The smallest absolute Gasteiger partial charge is 0.0669 e. The summed E-state index contributed by atoms with van der Waals surface area (Å²) >= 11 is 3.50. The maximum atomic E-state index is 5.15. The van der Waals surface area contributed by atoms with Crippen LogP contribution in [0.5, 0.6) is 0 Å². The minimum Gasteiger partial charge on any atom is -0.380 e. The molecule has 0 aromatic carbocycles. The van der Waals surface area contributed by atoms with E-state index in [9.17, 15) is 0 Å². The number of alkyl halides is 1. The molecule has 3 heteroatoms. The van der Waals surface area contributed by atoms with E-state index in [0.29, 0.717) is 10.9 Å². The molecule has 0 aliphatic heterocycles. The van der Waals surface area contributed by atoms with Gasteiger partial charge in [0, 0.05) is 25.0 Å². The highest BCUT2D eigenvalue weighted by Gasteiger charge is 2.06. The molecule has 2 unspecified atom stereocenters. The molecular weight excluding hydrogens is 206 g/mol. The highest BCUT2D eigenvalue weighted by molar-refractivity contribution is 9.09. The fourth-order valence-electron chi connectivity index (χ4n) is 1.02. The van der Waals surface area contributed by atoms with Crippen molar-refractivity contribution in [2.45, 2.75) is 24.8 Å². The van der Waals surface area contributed by atoms with Crippen LogP contribution in [0.15, 0.2) is 0 Å². The zero-order chi connectivity index (χ0) is 8.85. The third-order valence-corrected chi connectivity index (χ3v) is 1.82. The first-order chi connectivity index (χ1) is 5.06. The van der Waals surface area contributed by atoms with E-state index < -0.39 is 0 Å². The molecule has 2 atom stereocenters. The zero-order valence-electron chi connectivity index (χ0n) is 7.80. The highest BCUT2D eigenvalue weighted by Crippen LogP contribution is 2.00. The quantitative estimate of drug-likeness (QED) is 0.659. The Hall–Kier alpha value is 0.400. The Labute approximate surface area is 78.0 Å². The summed E-state index contributed by atoms with van der Waals surface area (Å²) in [6.07, 6.45) is 0.325. The van der Waals surface area contributed by atoms with E-state index in [1.54, 1.807) is 7.11 Å². The molecular formula is C8H18BrNO. The van der Waals surface area contributed by atoms with Gasteiger partial charge in [-0.25, -0.2) is 0 Å². The first kappa shape index (κ1) is 11.4. The van der Waals surface area contributed by atoms with Gasteiger partial charge in [0.05, 0.1) is 6.10 Å². The standard InChI is InChI=1S/C8H18BrNO/c1-7(9)5-10(3)6-8(2)11-4/h7-8H,5-6H2,1-4H3. The van der Waals surface area contributed by atoms with Gasteiger partial charge in [-0.15, -0.1) is 0 Å². The van der Waals surface area contributed by atoms with Crippen LogP contribution in [-0.4, -0.2) is 43.1 Å². The van der Waals surface area contributed by atoms with Crippen LogP contribution in [0.4, 0.5) is 0 Å². The minimum atomic E-state index is 0.325. The number of hydrogen-bond donors (Lipinski definition) is 0. The van der Waals surface area contributed by atoms with Crippen molar-refractivity contribution in [2.75, 3.05) is 27.2 Å². The Morgan fingerprint density at radius 3 is 2.27 bits per heavy atom. The molecule has 0 amide bonds. The number of methoxy groups -OCH3 is 1. The molecule has 0 saturated heterocycles. The van der Waals surface area contributed by atoms with E-state index in [1.807, 2.05) is 0 Å². The molecule has 0 aromatic rings. The average Bonchev–Trinajstić information content (AvgIpc) is 1.85. The van der Waals surface area contributed by atoms with Crippen LogP contribution in [0.2, 0.25) is 0 Å². The number of rotatable bonds is 5. The molecule has 0 aromatic heterocycles. The summed E-state index contributed by atoms with van der Waals surface area (Å²) in [5.74, 6) is 0. The zero-order valence-corrected chi connectivity index (χ0v) is 9.39. The van der Waals surface area contributed by atoms with E-state index in [0.717, 1.165) is 13.1 Å². The van der Waals surface area contributed by atoms with Crippen LogP contribution in [0.25, 0.3) is 0 Å². The van der Waals surface area contributed by atoms with E-state index in [2.05, 4.69) is 41.7 Å². The average molecular weight is 224 g/mol. The van der Waals surface area contributed by atoms with Crippen molar-refractivity contribution in [1.29, 1.82) is 0 Å². The van der Waals surface area contributed by atoms with E-state index in [-0.39, 0.29) is 0 Å². The summed E-state index contributed by atoms with van der Waals surface area (Å²) in [7, 11) is 3.85. The van der Waals surface area contributed by atoms with Gasteiger partial charge >= 0.3 is 0 Å². The lowest BCUT2D eigenvalue weighted by atomic mass is 10.3. The largest absolute Gasteiger partial charge is 0.380 e. The van der Waals surface area contributed by atoms with Crippen LogP contribution in [0.1, 0.15) is 13.8 Å². The van der Waals surface area contributed by atoms with E-state index in [4.69, 9.17) is 4.74 Å². The van der Waals surface area contributed by atoms with Crippen molar-refractivity contribution in [1.82, 2.24) is 4.90 Å². The van der Waals surface area contributed by atoms with Crippen molar-refractivity contribution in [3.8, 4) is 0 Å². The van der Waals surface area contributed by atoms with Crippen molar-refractivity contribution in [3.63, 3.8) is 0 Å². The van der Waals surface area contributed by atoms with Crippen molar-refractivity contribution in [3.05, 3.63) is 0 Å². The first-order valence-electron chi connectivity index (χ1n) is 3.91. The molecule has 0 radical (unpaired) electrons. The topological polar surface area (TPSA) is 12.5 Å². The summed E-state index contributed by atoms with van der Waals surface area (Å²) in [5, 5.41) is 0. The van der Waals surface area contributed by atoms with Gasteiger partial charge in [-0.1, -0.05) is 22.9 Å². The lowest BCUT2D eigenvalue weighted by Crippen LogP contribution is -2.32. The predicted octanol–water partition coefficient (Wildman–Crippen LogP) is 1.74. The summed E-state index contributed by atoms with van der Waals surface area (Å²) < 4.78 is 5.15. The molecule has 0 N–H and O–H groups in total. The van der Waals surface area contributed by atoms with Crippen molar-refractivity contribution in [2.24, 2.45) is 0 Å². The van der Waals surface area contributed by atoms with Gasteiger partial charge in [0.2, 0.25) is 0 Å². The van der Waals surface area contributed by atoms with Gasteiger partial charge in [0.25, 0.3) is 0 Å². The molecule has 0 saturated carbocycles. The fourth-order valence-corrected chi connectivity index (χ4v) is 1.51. The number of likely N-dealkylation sites (N-methyl/N-ethyl adjacent to an activating group) is 1. The maximum absolute atomic E-state index is 5.15. The first-order valence-corrected chi connectivity index (χ1v) is 4.83.